The zero-order valence-electron chi connectivity index (χ0n) is 14.5. The van der Waals surface area contributed by atoms with Crippen LogP contribution >= 0.6 is 0 Å². The molecule has 0 spiro atoms. The molecule has 1 aromatic heterocycles. The summed E-state index contributed by atoms with van der Waals surface area (Å²) in [6.45, 7) is 4.88. The van der Waals surface area contributed by atoms with Gasteiger partial charge >= 0.3 is 11.6 Å². The van der Waals surface area contributed by atoms with Crippen molar-refractivity contribution in [1.82, 2.24) is 9.97 Å². The van der Waals surface area contributed by atoms with E-state index in [4.69, 9.17) is 4.74 Å². The number of nitrogens with zero attached hydrogens (tertiary/aromatic N) is 4. The number of hydrogen-bond donors (Lipinski definition) is 0. The second kappa shape index (κ2) is 7.46. The molecule has 1 aliphatic rings. The Morgan fingerprint density at radius 2 is 2.04 bits per heavy atom. The molecule has 0 amide bonds. The zero-order chi connectivity index (χ0) is 17.8. The fraction of sp³-hybridized carbons (Fsp3) is 0.444. The van der Waals surface area contributed by atoms with Crippen molar-refractivity contribution in [3.8, 4) is 11.6 Å². The van der Waals surface area contributed by atoms with Crippen molar-refractivity contribution in [2.45, 2.75) is 45.6 Å². The Kier molecular flexibility index (Phi) is 5.11. The van der Waals surface area contributed by atoms with Crippen LogP contribution in [0.5, 0.6) is 11.6 Å². The summed E-state index contributed by atoms with van der Waals surface area (Å²) >= 11 is 0. The number of aromatic nitrogens is 2. The monoisotopic (exact) mass is 342 g/mol. The van der Waals surface area contributed by atoms with E-state index in [1.165, 1.54) is 11.9 Å². The van der Waals surface area contributed by atoms with Gasteiger partial charge < -0.3 is 9.64 Å². The van der Waals surface area contributed by atoms with E-state index in [2.05, 4.69) is 23.8 Å². The second-order valence-electron chi connectivity index (χ2n) is 6.25. The molecule has 25 heavy (non-hydrogen) atoms. The molecule has 0 saturated carbocycles. The number of hydrogen-bond acceptors (Lipinski definition) is 6. The van der Waals surface area contributed by atoms with Crippen molar-refractivity contribution in [1.29, 1.82) is 0 Å². The molecule has 2 aromatic rings. The Balaban J connectivity index is 1.95. The van der Waals surface area contributed by atoms with Crippen molar-refractivity contribution < 1.29 is 9.66 Å². The molecule has 0 bridgehead atoms. The average molecular weight is 342 g/mol. The van der Waals surface area contributed by atoms with Crippen LogP contribution < -0.4 is 9.64 Å². The average Bonchev–Trinajstić information content (AvgIpc) is 2.62. The minimum absolute atomic E-state index is 0.0166. The highest BCUT2D eigenvalue weighted by molar-refractivity contribution is 5.64. The predicted octanol–water partition coefficient (Wildman–Crippen LogP) is 4.12. The maximum Gasteiger partial charge on any atom is 0.373 e. The van der Waals surface area contributed by atoms with Crippen LogP contribution in [0.15, 0.2) is 30.6 Å². The van der Waals surface area contributed by atoms with Gasteiger partial charge in [0, 0.05) is 12.6 Å². The van der Waals surface area contributed by atoms with E-state index in [1.54, 1.807) is 12.1 Å². The first-order chi connectivity index (χ1) is 12.1. The van der Waals surface area contributed by atoms with Crippen molar-refractivity contribution in [3.63, 3.8) is 0 Å². The Morgan fingerprint density at radius 3 is 2.68 bits per heavy atom. The van der Waals surface area contributed by atoms with E-state index in [-0.39, 0.29) is 17.6 Å². The molecule has 1 unspecified atom stereocenters. The van der Waals surface area contributed by atoms with Gasteiger partial charge in [0.2, 0.25) is 5.82 Å². The molecule has 3 rings (SSSR count). The third-order valence-corrected chi connectivity index (χ3v) is 4.57. The highest BCUT2D eigenvalue weighted by atomic mass is 16.6. The number of rotatable bonds is 5. The summed E-state index contributed by atoms with van der Waals surface area (Å²) in [6, 6.07) is 7.69. The normalized spacial score (nSPS) is 17.4. The smallest absolute Gasteiger partial charge is 0.373 e. The van der Waals surface area contributed by atoms with Crippen molar-refractivity contribution >= 4 is 11.5 Å². The van der Waals surface area contributed by atoms with Gasteiger partial charge in [-0.25, -0.2) is 4.98 Å². The Labute approximate surface area is 146 Å². The van der Waals surface area contributed by atoms with Crippen LogP contribution in [0.4, 0.5) is 11.5 Å². The molecule has 7 heteroatoms. The molecule has 1 fully saturated rings. The van der Waals surface area contributed by atoms with Gasteiger partial charge in [0.25, 0.3) is 0 Å². The van der Waals surface area contributed by atoms with E-state index in [9.17, 15) is 10.1 Å². The van der Waals surface area contributed by atoms with Gasteiger partial charge in [-0.05, 0) is 50.3 Å². The van der Waals surface area contributed by atoms with Crippen LogP contribution in [0.25, 0.3) is 0 Å². The quantitative estimate of drug-likeness (QED) is 0.600. The second-order valence-corrected chi connectivity index (χ2v) is 6.25. The Morgan fingerprint density at radius 1 is 1.28 bits per heavy atom. The first-order valence-corrected chi connectivity index (χ1v) is 8.63. The summed E-state index contributed by atoms with van der Waals surface area (Å²) in [4.78, 5) is 21.4. The summed E-state index contributed by atoms with van der Waals surface area (Å²) in [5.41, 5.74) is 1.00. The lowest BCUT2D eigenvalue weighted by Crippen LogP contribution is -2.38. The summed E-state index contributed by atoms with van der Waals surface area (Å²) in [5, 5.41) is 11.7. The summed E-state index contributed by atoms with van der Waals surface area (Å²) in [6.07, 6.45) is 5.38. The van der Waals surface area contributed by atoms with Gasteiger partial charge in [0.05, 0.1) is 4.92 Å². The number of nitro groups is 1. The number of anilines is 1. The standard InChI is InChI=1S/C18H22N4O3/c1-3-14-7-9-15(10-8-14)25-18-16(22(23)24)17(19-12-20-18)21-11-5-4-6-13(21)2/h7-10,12-13H,3-6,11H2,1-2H3. The van der Waals surface area contributed by atoms with E-state index in [1.807, 2.05) is 17.0 Å². The van der Waals surface area contributed by atoms with E-state index in [0.717, 1.165) is 32.2 Å². The van der Waals surface area contributed by atoms with Crippen molar-refractivity contribution in [2.75, 3.05) is 11.4 Å². The fourth-order valence-corrected chi connectivity index (χ4v) is 3.12. The van der Waals surface area contributed by atoms with Crippen LogP contribution in [0.3, 0.4) is 0 Å². The summed E-state index contributed by atoms with van der Waals surface area (Å²) < 4.78 is 5.72. The largest absolute Gasteiger partial charge is 0.434 e. The maximum atomic E-state index is 11.7. The van der Waals surface area contributed by atoms with Crippen molar-refractivity contribution in [3.05, 3.63) is 46.3 Å². The van der Waals surface area contributed by atoms with Crippen molar-refractivity contribution in [2.24, 2.45) is 0 Å². The van der Waals surface area contributed by atoms with Gasteiger partial charge in [-0.2, -0.15) is 4.98 Å². The third-order valence-electron chi connectivity index (χ3n) is 4.57. The van der Waals surface area contributed by atoms with Gasteiger partial charge in [0.1, 0.15) is 12.1 Å². The fourth-order valence-electron chi connectivity index (χ4n) is 3.12. The van der Waals surface area contributed by atoms with Crippen LogP contribution in [-0.2, 0) is 6.42 Å². The van der Waals surface area contributed by atoms with E-state index in [0.29, 0.717) is 11.6 Å². The number of benzene rings is 1. The molecular weight excluding hydrogens is 320 g/mol. The molecule has 1 aliphatic heterocycles. The molecule has 1 atom stereocenters. The van der Waals surface area contributed by atoms with Gasteiger partial charge in [0.15, 0.2) is 0 Å². The molecule has 7 nitrogen and oxygen atoms in total. The Hall–Kier alpha value is -2.70. The van der Waals surface area contributed by atoms with Gasteiger partial charge in [-0.3, -0.25) is 10.1 Å². The molecule has 2 heterocycles. The van der Waals surface area contributed by atoms with E-state index >= 15 is 0 Å². The first-order valence-electron chi connectivity index (χ1n) is 8.63. The molecular formula is C18H22N4O3. The zero-order valence-corrected chi connectivity index (χ0v) is 14.5. The topological polar surface area (TPSA) is 81.4 Å². The minimum Gasteiger partial charge on any atom is -0.434 e. The van der Waals surface area contributed by atoms with Crippen LogP contribution in [0, 0.1) is 10.1 Å². The number of aryl methyl sites for hydroxylation is 1. The lowest BCUT2D eigenvalue weighted by atomic mass is 10.0. The van der Waals surface area contributed by atoms with Gasteiger partial charge in [-0.15, -0.1) is 0 Å². The molecule has 0 radical (unpaired) electrons. The Bertz CT molecular complexity index is 748. The SMILES string of the molecule is CCc1ccc(Oc2ncnc(N3CCCCC3C)c2[N+](=O)[O-])cc1. The van der Waals surface area contributed by atoms with Crippen LogP contribution in [0.2, 0.25) is 0 Å². The predicted molar refractivity (Wildman–Crippen MR) is 95.2 cm³/mol. The lowest BCUT2D eigenvalue weighted by Gasteiger charge is -2.33. The summed E-state index contributed by atoms with van der Waals surface area (Å²) in [5.74, 6) is 0.848. The third kappa shape index (κ3) is 3.70. The van der Waals surface area contributed by atoms with Gasteiger partial charge in [-0.1, -0.05) is 19.1 Å². The molecule has 1 saturated heterocycles. The first kappa shape index (κ1) is 17.1. The summed E-state index contributed by atoms with van der Waals surface area (Å²) in [7, 11) is 0. The highest BCUT2D eigenvalue weighted by Crippen LogP contribution is 2.38. The maximum absolute atomic E-state index is 11.7. The molecule has 0 N–H and O–H groups in total. The number of ether oxygens (including phenoxy) is 1. The molecule has 0 aliphatic carbocycles. The highest BCUT2D eigenvalue weighted by Gasteiger charge is 2.31. The lowest BCUT2D eigenvalue weighted by molar-refractivity contribution is -0.385. The van der Waals surface area contributed by atoms with E-state index < -0.39 is 4.92 Å². The van der Waals surface area contributed by atoms with Crippen LogP contribution in [-0.4, -0.2) is 27.5 Å². The number of piperidine rings is 1. The molecule has 1 aromatic carbocycles. The van der Waals surface area contributed by atoms with Crippen LogP contribution in [0.1, 0.15) is 38.7 Å². The molecule has 132 valence electrons. The minimum atomic E-state index is -0.452.